The van der Waals surface area contributed by atoms with E-state index in [1.165, 1.54) is 5.56 Å². The van der Waals surface area contributed by atoms with Crippen molar-refractivity contribution in [1.29, 1.82) is 0 Å². The van der Waals surface area contributed by atoms with Crippen molar-refractivity contribution in [2.45, 2.75) is 52.2 Å². The Labute approximate surface area is 109 Å². The van der Waals surface area contributed by atoms with Gasteiger partial charge in [-0.25, -0.2) is 4.79 Å². The first kappa shape index (κ1) is 12.9. The Morgan fingerprint density at radius 3 is 2.78 bits per heavy atom. The van der Waals surface area contributed by atoms with Gasteiger partial charge in [-0.2, -0.15) is 0 Å². The first-order valence-electron chi connectivity index (χ1n) is 6.48. The molecule has 3 nitrogen and oxygen atoms in total. The molecule has 0 radical (unpaired) electrons. The van der Waals surface area contributed by atoms with E-state index in [0.29, 0.717) is 11.6 Å². The van der Waals surface area contributed by atoms with Crippen molar-refractivity contribution in [3.8, 4) is 0 Å². The predicted octanol–water partition coefficient (Wildman–Crippen LogP) is 3.39. The number of rotatable bonds is 1. The number of nitrogens with one attached hydrogen (secondary N) is 1. The molecule has 18 heavy (non-hydrogen) atoms. The molecule has 1 unspecified atom stereocenters. The summed E-state index contributed by atoms with van der Waals surface area (Å²) in [7, 11) is 0. The molecule has 0 amide bonds. The zero-order valence-electron chi connectivity index (χ0n) is 11.5. The van der Waals surface area contributed by atoms with Gasteiger partial charge >= 0.3 is 5.97 Å². The Kier molecular flexibility index (Phi) is 3.33. The van der Waals surface area contributed by atoms with E-state index in [2.05, 4.69) is 12.2 Å². The highest BCUT2D eigenvalue weighted by molar-refractivity contribution is 5.90. The van der Waals surface area contributed by atoms with Gasteiger partial charge in [0.2, 0.25) is 0 Å². The minimum Gasteiger partial charge on any atom is -0.456 e. The SMILES string of the molecule is CC1CCc2cc(C(=O)OC(C)(C)C)ccc2N1. The van der Waals surface area contributed by atoms with Gasteiger partial charge < -0.3 is 10.1 Å². The van der Waals surface area contributed by atoms with Crippen LogP contribution >= 0.6 is 0 Å². The molecule has 1 aliphatic rings. The standard InChI is InChI=1S/C15H21NO2/c1-10-5-6-11-9-12(7-8-13(11)16-10)14(17)18-15(2,3)4/h7-10,16H,5-6H2,1-4H3. The molecule has 1 heterocycles. The summed E-state index contributed by atoms with van der Waals surface area (Å²) in [4.78, 5) is 12.0. The average Bonchev–Trinajstić information content (AvgIpc) is 2.26. The monoisotopic (exact) mass is 247 g/mol. The van der Waals surface area contributed by atoms with Gasteiger partial charge in [-0.3, -0.25) is 0 Å². The summed E-state index contributed by atoms with van der Waals surface area (Å²) in [6.45, 7) is 7.82. The molecule has 1 atom stereocenters. The van der Waals surface area contributed by atoms with Gasteiger partial charge in [0.15, 0.2) is 0 Å². The quantitative estimate of drug-likeness (QED) is 0.773. The maximum atomic E-state index is 12.0. The lowest BCUT2D eigenvalue weighted by molar-refractivity contribution is 0.00694. The van der Waals surface area contributed by atoms with Gasteiger partial charge in [-0.15, -0.1) is 0 Å². The largest absolute Gasteiger partial charge is 0.456 e. The molecule has 0 saturated heterocycles. The number of ether oxygens (including phenoxy) is 1. The molecule has 2 rings (SSSR count). The maximum absolute atomic E-state index is 12.0. The summed E-state index contributed by atoms with van der Waals surface area (Å²) in [6, 6.07) is 6.26. The van der Waals surface area contributed by atoms with Crippen molar-refractivity contribution in [1.82, 2.24) is 0 Å². The molecule has 0 saturated carbocycles. The van der Waals surface area contributed by atoms with Crippen LogP contribution < -0.4 is 5.32 Å². The van der Waals surface area contributed by atoms with Crippen LogP contribution in [0.5, 0.6) is 0 Å². The Balaban J connectivity index is 2.19. The summed E-state index contributed by atoms with van der Waals surface area (Å²) in [5.74, 6) is -0.246. The Hall–Kier alpha value is -1.51. The molecule has 3 heteroatoms. The van der Waals surface area contributed by atoms with Crippen LogP contribution in [-0.4, -0.2) is 17.6 Å². The highest BCUT2D eigenvalue weighted by Crippen LogP contribution is 2.26. The average molecular weight is 247 g/mol. The highest BCUT2D eigenvalue weighted by Gasteiger charge is 2.20. The van der Waals surface area contributed by atoms with Crippen LogP contribution in [0.25, 0.3) is 0 Å². The second-order valence-electron chi connectivity index (χ2n) is 5.96. The number of fused-ring (bicyclic) bond motifs is 1. The number of hydrogen-bond acceptors (Lipinski definition) is 3. The number of carbonyl (C=O) groups excluding carboxylic acids is 1. The number of benzene rings is 1. The molecule has 1 aromatic rings. The third-order valence-electron chi connectivity index (χ3n) is 2.99. The topological polar surface area (TPSA) is 38.3 Å². The van der Waals surface area contributed by atoms with Crippen LogP contribution in [0.1, 0.15) is 50.0 Å². The van der Waals surface area contributed by atoms with Crippen molar-refractivity contribution in [2.75, 3.05) is 5.32 Å². The molecule has 0 aromatic heterocycles. The summed E-state index contributed by atoms with van der Waals surface area (Å²) in [6.07, 6.45) is 2.12. The second-order valence-corrected chi connectivity index (χ2v) is 5.96. The first-order valence-corrected chi connectivity index (χ1v) is 6.48. The maximum Gasteiger partial charge on any atom is 0.338 e. The minimum atomic E-state index is -0.445. The summed E-state index contributed by atoms with van der Waals surface area (Å²) < 4.78 is 5.38. The zero-order chi connectivity index (χ0) is 13.3. The molecule has 98 valence electrons. The van der Waals surface area contributed by atoms with E-state index in [9.17, 15) is 4.79 Å². The number of esters is 1. The number of carbonyl (C=O) groups is 1. The van der Waals surface area contributed by atoms with E-state index in [1.54, 1.807) is 0 Å². The lowest BCUT2D eigenvalue weighted by Gasteiger charge is -2.25. The van der Waals surface area contributed by atoms with Crippen LogP contribution in [0, 0.1) is 0 Å². The van der Waals surface area contributed by atoms with Gasteiger partial charge in [0.25, 0.3) is 0 Å². The van der Waals surface area contributed by atoms with Crippen molar-refractivity contribution in [3.05, 3.63) is 29.3 Å². The summed E-state index contributed by atoms with van der Waals surface area (Å²) in [5.41, 5.74) is 2.54. The zero-order valence-corrected chi connectivity index (χ0v) is 11.5. The molecule has 1 N–H and O–H groups in total. The molecular formula is C15H21NO2. The Bertz CT molecular complexity index is 460. The summed E-state index contributed by atoms with van der Waals surface area (Å²) in [5, 5.41) is 3.42. The number of anilines is 1. The lowest BCUT2D eigenvalue weighted by Crippen LogP contribution is -2.25. The molecular weight excluding hydrogens is 226 g/mol. The molecule has 1 aliphatic heterocycles. The van der Waals surface area contributed by atoms with E-state index >= 15 is 0 Å². The fraction of sp³-hybridized carbons (Fsp3) is 0.533. The fourth-order valence-corrected chi connectivity index (χ4v) is 2.11. The van der Waals surface area contributed by atoms with Crippen molar-refractivity contribution in [2.24, 2.45) is 0 Å². The smallest absolute Gasteiger partial charge is 0.338 e. The molecule has 0 aliphatic carbocycles. The second kappa shape index (κ2) is 4.63. The lowest BCUT2D eigenvalue weighted by atomic mass is 9.97. The van der Waals surface area contributed by atoms with Crippen LogP contribution in [0.3, 0.4) is 0 Å². The van der Waals surface area contributed by atoms with E-state index < -0.39 is 5.60 Å². The highest BCUT2D eigenvalue weighted by atomic mass is 16.6. The van der Waals surface area contributed by atoms with E-state index in [1.807, 2.05) is 39.0 Å². The van der Waals surface area contributed by atoms with Crippen LogP contribution in [0.4, 0.5) is 5.69 Å². The first-order chi connectivity index (χ1) is 8.35. The van der Waals surface area contributed by atoms with E-state index in [4.69, 9.17) is 4.74 Å². The van der Waals surface area contributed by atoms with Gasteiger partial charge in [0.1, 0.15) is 5.60 Å². The fourth-order valence-electron chi connectivity index (χ4n) is 2.11. The molecule has 0 fully saturated rings. The predicted molar refractivity (Wildman–Crippen MR) is 73.0 cm³/mol. The van der Waals surface area contributed by atoms with Gasteiger partial charge in [0.05, 0.1) is 5.56 Å². The van der Waals surface area contributed by atoms with Crippen LogP contribution in [0.2, 0.25) is 0 Å². The summed E-state index contributed by atoms with van der Waals surface area (Å²) >= 11 is 0. The van der Waals surface area contributed by atoms with Gasteiger partial charge in [-0.1, -0.05) is 0 Å². The van der Waals surface area contributed by atoms with Crippen LogP contribution in [0.15, 0.2) is 18.2 Å². The minimum absolute atomic E-state index is 0.246. The van der Waals surface area contributed by atoms with Crippen molar-refractivity contribution >= 4 is 11.7 Å². The third-order valence-corrected chi connectivity index (χ3v) is 2.99. The Morgan fingerprint density at radius 2 is 2.11 bits per heavy atom. The third kappa shape index (κ3) is 3.03. The number of aryl methyl sites for hydroxylation is 1. The van der Waals surface area contributed by atoms with Gasteiger partial charge in [0, 0.05) is 11.7 Å². The van der Waals surface area contributed by atoms with E-state index in [-0.39, 0.29) is 5.97 Å². The van der Waals surface area contributed by atoms with Crippen molar-refractivity contribution < 1.29 is 9.53 Å². The Morgan fingerprint density at radius 1 is 1.39 bits per heavy atom. The van der Waals surface area contributed by atoms with Crippen molar-refractivity contribution in [3.63, 3.8) is 0 Å². The molecule has 0 spiro atoms. The molecule has 0 bridgehead atoms. The number of hydrogen-bond donors (Lipinski definition) is 1. The van der Waals surface area contributed by atoms with Gasteiger partial charge in [-0.05, 0) is 64.3 Å². The van der Waals surface area contributed by atoms with E-state index in [0.717, 1.165) is 18.5 Å². The normalized spacial score (nSPS) is 18.8. The molecule has 1 aromatic carbocycles. The van der Waals surface area contributed by atoms with Crippen LogP contribution in [-0.2, 0) is 11.2 Å².